The number of nitrogens with one attached hydrogen (secondary N) is 1. The van der Waals surface area contributed by atoms with Gasteiger partial charge in [-0.25, -0.2) is 0 Å². The lowest BCUT2D eigenvalue weighted by Crippen LogP contribution is -2.24. The van der Waals surface area contributed by atoms with Crippen LogP contribution in [0.2, 0.25) is 0 Å². The number of rotatable bonds is 7. The Bertz CT molecular complexity index is 133. The van der Waals surface area contributed by atoms with Crippen molar-refractivity contribution in [3.63, 3.8) is 0 Å². The molecule has 0 amide bonds. The summed E-state index contributed by atoms with van der Waals surface area (Å²) in [5.74, 6) is 1.88. The molecule has 1 rings (SSSR count). The van der Waals surface area contributed by atoms with Gasteiger partial charge in [0.2, 0.25) is 0 Å². The number of hydrogen-bond donors (Lipinski definition) is 1. The first kappa shape index (κ1) is 11.0. The summed E-state index contributed by atoms with van der Waals surface area (Å²) in [7, 11) is 0. The predicted octanol–water partition coefficient (Wildman–Crippen LogP) is 3.20. The first-order valence-electron chi connectivity index (χ1n) is 6.01. The first-order chi connectivity index (χ1) is 6.27. The third-order valence-corrected chi connectivity index (χ3v) is 3.09. The van der Waals surface area contributed by atoms with Crippen LogP contribution in [0.1, 0.15) is 52.9 Å². The zero-order chi connectivity index (χ0) is 9.68. The molecule has 0 radical (unpaired) electrons. The molecular formula is C12H25N. The maximum atomic E-state index is 3.68. The summed E-state index contributed by atoms with van der Waals surface area (Å²) in [5.41, 5.74) is 0. The Labute approximate surface area is 83.3 Å². The van der Waals surface area contributed by atoms with Crippen molar-refractivity contribution in [3.05, 3.63) is 0 Å². The zero-order valence-corrected chi connectivity index (χ0v) is 9.47. The minimum Gasteiger partial charge on any atom is -0.313 e. The molecule has 0 aliphatic heterocycles. The highest BCUT2D eigenvalue weighted by atomic mass is 15.0. The zero-order valence-electron chi connectivity index (χ0n) is 9.47. The van der Waals surface area contributed by atoms with E-state index in [9.17, 15) is 0 Å². The van der Waals surface area contributed by atoms with Gasteiger partial charge in [-0.15, -0.1) is 0 Å². The van der Waals surface area contributed by atoms with Crippen LogP contribution < -0.4 is 5.32 Å². The van der Waals surface area contributed by atoms with Crippen molar-refractivity contribution in [1.82, 2.24) is 5.32 Å². The van der Waals surface area contributed by atoms with E-state index in [1.807, 2.05) is 0 Å². The fourth-order valence-corrected chi connectivity index (χ4v) is 2.13. The lowest BCUT2D eigenvalue weighted by atomic mass is 10.1. The molecule has 13 heavy (non-hydrogen) atoms. The third-order valence-electron chi connectivity index (χ3n) is 3.09. The molecule has 78 valence electrons. The van der Waals surface area contributed by atoms with E-state index in [-0.39, 0.29) is 0 Å². The van der Waals surface area contributed by atoms with Gasteiger partial charge in [-0.2, -0.15) is 0 Å². The smallest absolute Gasteiger partial charge is 0.00992 e. The van der Waals surface area contributed by atoms with Crippen LogP contribution in [0.5, 0.6) is 0 Å². The summed E-state index contributed by atoms with van der Waals surface area (Å²) >= 11 is 0. The minimum atomic E-state index is 0.868. The topological polar surface area (TPSA) is 12.0 Å². The second-order valence-electron chi connectivity index (χ2n) is 4.69. The second-order valence-corrected chi connectivity index (χ2v) is 4.69. The van der Waals surface area contributed by atoms with E-state index in [4.69, 9.17) is 0 Å². The third kappa shape index (κ3) is 4.12. The molecule has 0 saturated heterocycles. The van der Waals surface area contributed by atoms with Crippen molar-refractivity contribution in [2.75, 3.05) is 6.54 Å². The molecule has 0 bridgehead atoms. The van der Waals surface area contributed by atoms with Crippen LogP contribution in [0.4, 0.5) is 0 Å². The lowest BCUT2D eigenvalue weighted by Gasteiger charge is -2.10. The molecule has 0 spiro atoms. The summed E-state index contributed by atoms with van der Waals surface area (Å²) in [6.07, 6.45) is 6.92. The minimum absolute atomic E-state index is 0.868. The van der Waals surface area contributed by atoms with E-state index in [0.717, 1.165) is 17.9 Å². The molecule has 1 heteroatoms. The first-order valence-corrected chi connectivity index (χ1v) is 6.01. The van der Waals surface area contributed by atoms with Gasteiger partial charge in [0.05, 0.1) is 0 Å². The average Bonchev–Trinajstić information content (AvgIpc) is 2.82. The maximum Gasteiger partial charge on any atom is 0.00992 e. The highest BCUT2D eigenvalue weighted by molar-refractivity contribution is 4.92. The van der Waals surface area contributed by atoms with Crippen molar-refractivity contribution in [2.45, 2.75) is 58.9 Å². The summed E-state index contributed by atoms with van der Waals surface area (Å²) in [5, 5.41) is 3.68. The van der Waals surface area contributed by atoms with Gasteiger partial charge >= 0.3 is 0 Å². The van der Waals surface area contributed by atoms with Gasteiger partial charge in [0.25, 0.3) is 0 Å². The monoisotopic (exact) mass is 183 g/mol. The highest BCUT2D eigenvalue weighted by Crippen LogP contribution is 2.34. The van der Waals surface area contributed by atoms with Gasteiger partial charge in [0, 0.05) is 6.04 Å². The molecule has 3 unspecified atom stereocenters. The molecule has 0 aromatic heterocycles. The SMILES string of the molecule is CCCC(C)CNC1CC1CCC. The van der Waals surface area contributed by atoms with E-state index >= 15 is 0 Å². The molecule has 3 atom stereocenters. The summed E-state index contributed by atoms with van der Waals surface area (Å²) < 4.78 is 0. The second kappa shape index (κ2) is 5.64. The average molecular weight is 183 g/mol. The van der Waals surface area contributed by atoms with Gasteiger partial charge < -0.3 is 5.32 Å². The Morgan fingerprint density at radius 2 is 2.08 bits per heavy atom. The molecule has 1 aliphatic carbocycles. The fraction of sp³-hybridized carbons (Fsp3) is 1.00. The van der Waals surface area contributed by atoms with Crippen LogP contribution in [0, 0.1) is 11.8 Å². The fourth-order valence-electron chi connectivity index (χ4n) is 2.13. The van der Waals surface area contributed by atoms with Crippen molar-refractivity contribution < 1.29 is 0 Å². The van der Waals surface area contributed by atoms with Crippen LogP contribution in [0.3, 0.4) is 0 Å². The molecule has 1 saturated carbocycles. The Balaban J connectivity index is 1.95. The quantitative estimate of drug-likeness (QED) is 0.639. The van der Waals surface area contributed by atoms with Crippen LogP contribution in [0.15, 0.2) is 0 Å². The largest absolute Gasteiger partial charge is 0.313 e. The molecule has 0 aromatic rings. The van der Waals surface area contributed by atoms with Gasteiger partial charge in [-0.1, -0.05) is 33.6 Å². The van der Waals surface area contributed by atoms with Crippen LogP contribution in [-0.2, 0) is 0 Å². The van der Waals surface area contributed by atoms with E-state index in [1.54, 1.807) is 0 Å². The van der Waals surface area contributed by atoms with Crippen LogP contribution in [0.25, 0.3) is 0 Å². The van der Waals surface area contributed by atoms with Crippen LogP contribution >= 0.6 is 0 Å². The molecule has 0 heterocycles. The lowest BCUT2D eigenvalue weighted by molar-refractivity contribution is 0.463. The molecule has 1 N–H and O–H groups in total. The molecular weight excluding hydrogens is 158 g/mol. The summed E-state index contributed by atoms with van der Waals surface area (Å²) in [6.45, 7) is 8.15. The van der Waals surface area contributed by atoms with Gasteiger partial charge in [0.1, 0.15) is 0 Å². The van der Waals surface area contributed by atoms with Crippen LogP contribution in [-0.4, -0.2) is 12.6 Å². The Kier molecular flexibility index (Phi) is 4.79. The summed E-state index contributed by atoms with van der Waals surface area (Å²) in [4.78, 5) is 0. The van der Waals surface area contributed by atoms with E-state index in [2.05, 4.69) is 26.1 Å². The standard InChI is InChI=1S/C12H25N/c1-4-6-10(3)9-13-12-8-11(12)7-5-2/h10-13H,4-9H2,1-3H3. The normalized spacial score (nSPS) is 28.8. The van der Waals surface area contributed by atoms with Crippen molar-refractivity contribution in [2.24, 2.45) is 11.8 Å². The maximum absolute atomic E-state index is 3.68. The Morgan fingerprint density at radius 1 is 1.31 bits per heavy atom. The van der Waals surface area contributed by atoms with E-state index in [1.165, 1.54) is 38.6 Å². The highest BCUT2D eigenvalue weighted by Gasteiger charge is 2.35. The molecule has 1 aliphatic rings. The molecule has 1 fully saturated rings. The van der Waals surface area contributed by atoms with Gasteiger partial charge in [-0.3, -0.25) is 0 Å². The predicted molar refractivity (Wildman–Crippen MR) is 58.9 cm³/mol. The Morgan fingerprint density at radius 3 is 2.69 bits per heavy atom. The van der Waals surface area contributed by atoms with Crippen molar-refractivity contribution in [1.29, 1.82) is 0 Å². The van der Waals surface area contributed by atoms with E-state index < -0.39 is 0 Å². The van der Waals surface area contributed by atoms with Gasteiger partial charge in [-0.05, 0) is 37.6 Å². The van der Waals surface area contributed by atoms with Crippen molar-refractivity contribution >= 4 is 0 Å². The van der Waals surface area contributed by atoms with E-state index in [0.29, 0.717) is 0 Å². The van der Waals surface area contributed by atoms with Gasteiger partial charge in [0.15, 0.2) is 0 Å². The Hall–Kier alpha value is -0.0400. The molecule has 1 nitrogen and oxygen atoms in total. The number of hydrogen-bond acceptors (Lipinski definition) is 1. The molecule has 0 aromatic carbocycles. The van der Waals surface area contributed by atoms with Crippen molar-refractivity contribution in [3.8, 4) is 0 Å². The summed E-state index contributed by atoms with van der Waals surface area (Å²) in [6, 6.07) is 0.874.